The van der Waals surface area contributed by atoms with E-state index in [2.05, 4.69) is 161 Å². The lowest BCUT2D eigenvalue weighted by Crippen LogP contribution is -2.59. The summed E-state index contributed by atoms with van der Waals surface area (Å²) in [5.41, 5.74) is 18.0. The number of carbonyl (C=O) groups excluding carboxylic acids is 3. The van der Waals surface area contributed by atoms with Gasteiger partial charge in [0.2, 0.25) is 0 Å². The number of carbonyl (C=O) groups is 3. The lowest BCUT2D eigenvalue weighted by Gasteiger charge is -2.65. The number of rotatable bonds is 13. The number of hydrogen-bond acceptors (Lipinski definition) is 11. The van der Waals surface area contributed by atoms with Gasteiger partial charge < -0.3 is 25.1 Å². The van der Waals surface area contributed by atoms with Gasteiger partial charge in [0.25, 0.3) is 0 Å². The average molecular weight is 1610 g/mol. The molecule has 12 saturated carbocycles. The minimum absolute atomic E-state index is 0. The molecule has 570 valence electrons. The molecule has 15 heteroatoms. The van der Waals surface area contributed by atoms with Crippen LogP contribution in [0.1, 0.15) is 285 Å². The van der Waals surface area contributed by atoms with Crippen LogP contribution < -0.4 is 5.73 Å². The van der Waals surface area contributed by atoms with Crippen molar-refractivity contribution in [2.75, 3.05) is 35.4 Å². The Hall–Kier alpha value is -1.30. The van der Waals surface area contributed by atoms with Crippen LogP contribution >= 0.6 is 37.2 Å². The molecular formula is C84H148I2N6O7. The second kappa shape index (κ2) is 35.2. The zero-order valence-corrected chi connectivity index (χ0v) is 70.0. The van der Waals surface area contributed by atoms with E-state index in [4.69, 9.17) is 25.5 Å². The summed E-state index contributed by atoms with van der Waals surface area (Å²) in [5, 5.41) is 21.2. The summed E-state index contributed by atoms with van der Waals surface area (Å²) < 4.78 is 14.8. The molecule has 0 heterocycles. The van der Waals surface area contributed by atoms with Gasteiger partial charge >= 0.3 is 17.9 Å². The van der Waals surface area contributed by atoms with Gasteiger partial charge in [-0.15, -0.1) is 0 Å². The Balaban J connectivity index is 0.000000200. The lowest BCUT2D eigenvalue weighted by atomic mass is 9.40. The molecule has 12 aliphatic rings. The SMILES string of the molecule is C.CN=NC.COC(=O)CCC(C)[C@H]1CCC2C3C(C)CC4CC(N)CC[C@]4(C)C3C[C@H](C)[C@@]21C.COC(=O)CCC(C)[C@H]1CCC2C3C(C)CC4CC(N=[N+]=[N-])CC[C@]4(C)C3C[C@H](C)[C@@]21C.COC(=O)CCC(C)[C@H]1CCC2C3C(C)CC4CC(O)CC[C@]4(C)C3C[C@H](C)[C@@]21C.II. The summed E-state index contributed by atoms with van der Waals surface area (Å²) in [7, 11) is 7.80. The average Bonchev–Trinajstić information content (AvgIpc) is 1.70. The summed E-state index contributed by atoms with van der Waals surface area (Å²) in [6, 6.07) is 0.643. The van der Waals surface area contributed by atoms with Crippen molar-refractivity contribution in [3.05, 3.63) is 10.4 Å². The van der Waals surface area contributed by atoms with Crippen LogP contribution in [-0.2, 0) is 28.6 Å². The molecule has 3 N–H and O–H groups in total. The monoisotopic (exact) mass is 1610 g/mol. The van der Waals surface area contributed by atoms with E-state index in [-0.39, 0.29) is 37.5 Å². The molecule has 0 saturated heterocycles. The summed E-state index contributed by atoms with van der Waals surface area (Å²) in [6.45, 7) is 38.2. The van der Waals surface area contributed by atoms with Crippen LogP contribution in [0.15, 0.2) is 15.3 Å². The van der Waals surface area contributed by atoms with E-state index < -0.39 is 0 Å². The van der Waals surface area contributed by atoms with Gasteiger partial charge in [0.05, 0.1) is 27.4 Å². The third-order valence-corrected chi connectivity index (χ3v) is 34.6. The number of aliphatic hydroxyl groups is 1. The van der Waals surface area contributed by atoms with Crippen molar-refractivity contribution in [2.24, 2.45) is 196 Å². The van der Waals surface area contributed by atoms with Crippen LogP contribution in [-0.4, -0.2) is 76.6 Å². The number of azide groups is 1. The maximum absolute atomic E-state index is 11.8. The van der Waals surface area contributed by atoms with Crippen LogP contribution in [0.3, 0.4) is 0 Å². The van der Waals surface area contributed by atoms with Gasteiger partial charge in [-0.1, -0.05) is 116 Å². The number of halogens is 2. The quantitative estimate of drug-likeness (QED) is 0.0453. The van der Waals surface area contributed by atoms with Crippen molar-refractivity contribution in [3.8, 4) is 0 Å². The summed E-state index contributed by atoms with van der Waals surface area (Å²) >= 11 is 4.24. The molecule has 12 fully saturated rings. The molecule has 12 aliphatic carbocycles. The molecule has 33 atom stereocenters. The van der Waals surface area contributed by atoms with Crippen LogP contribution in [0.25, 0.3) is 10.4 Å². The third kappa shape index (κ3) is 16.3. The molecule has 0 spiro atoms. The lowest BCUT2D eigenvalue weighted by molar-refractivity contribution is -0.168. The largest absolute Gasteiger partial charge is 0.469 e. The molecular weight excluding hydrogens is 1460 g/mol. The number of hydrogen-bond donors (Lipinski definition) is 2. The molecule has 0 aromatic heterocycles. The molecule has 21 unspecified atom stereocenters. The smallest absolute Gasteiger partial charge is 0.305 e. The molecule has 0 aliphatic heterocycles. The van der Waals surface area contributed by atoms with E-state index in [0.29, 0.717) is 93.3 Å². The number of ether oxygens (including phenoxy) is 3. The van der Waals surface area contributed by atoms with Crippen molar-refractivity contribution in [3.63, 3.8) is 0 Å². The van der Waals surface area contributed by atoms with Gasteiger partial charge in [0.1, 0.15) is 0 Å². The minimum Gasteiger partial charge on any atom is -0.469 e. The minimum atomic E-state index is -0.0653. The van der Waals surface area contributed by atoms with Crippen LogP contribution in [0.5, 0.6) is 0 Å². The number of aliphatic hydroxyl groups excluding tert-OH is 1. The Labute approximate surface area is 628 Å². The van der Waals surface area contributed by atoms with Gasteiger partial charge in [-0.05, 0) is 334 Å². The third-order valence-electron chi connectivity index (χ3n) is 34.6. The van der Waals surface area contributed by atoms with Crippen LogP contribution in [0.2, 0.25) is 0 Å². The summed E-state index contributed by atoms with van der Waals surface area (Å²) in [6.07, 6.45) is 31.3. The van der Waals surface area contributed by atoms with Crippen molar-refractivity contribution in [2.45, 2.75) is 303 Å². The van der Waals surface area contributed by atoms with Gasteiger partial charge in [-0.25, -0.2) is 0 Å². The molecule has 0 aromatic carbocycles. The Morgan fingerprint density at radius 1 is 0.485 bits per heavy atom. The molecule has 0 bridgehead atoms. The van der Waals surface area contributed by atoms with E-state index in [0.717, 1.165) is 151 Å². The van der Waals surface area contributed by atoms with Crippen LogP contribution in [0.4, 0.5) is 0 Å². The zero-order chi connectivity index (χ0) is 72.4. The van der Waals surface area contributed by atoms with E-state index in [1.165, 1.54) is 130 Å². The summed E-state index contributed by atoms with van der Waals surface area (Å²) in [5.74, 6) is 18.2. The second-order valence-electron chi connectivity index (χ2n) is 38.0. The highest BCUT2D eigenvalue weighted by atomic mass is 128. The fourth-order valence-corrected chi connectivity index (χ4v) is 28.9. The first-order chi connectivity index (χ1) is 46.3. The number of nitrogens with zero attached hydrogens (tertiary/aromatic N) is 5. The normalized spacial score (nSPS) is 47.3. The Morgan fingerprint density at radius 3 is 1.12 bits per heavy atom. The van der Waals surface area contributed by atoms with E-state index in [1.807, 2.05) is 0 Å². The second-order valence-corrected chi connectivity index (χ2v) is 38.0. The topological polar surface area (TPSA) is 199 Å². The predicted molar refractivity (Wildman–Crippen MR) is 423 cm³/mol. The van der Waals surface area contributed by atoms with E-state index in [9.17, 15) is 19.5 Å². The molecule has 12 rings (SSSR count). The fourth-order valence-electron chi connectivity index (χ4n) is 28.9. The maximum Gasteiger partial charge on any atom is 0.305 e. The Bertz CT molecular complexity index is 2600. The number of fused-ring (bicyclic) bond motifs is 15. The Morgan fingerprint density at radius 2 is 0.798 bits per heavy atom. The predicted octanol–water partition coefficient (Wildman–Crippen LogP) is 22.7. The van der Waals surface area contributed by atoms with E-state index >= 15 is 0 Å². The highest BCUT2D eigenvalue weighted by molar-refractivity contribution is 15.0. The Kier molecular flexibility index (Phi) is 30.2. The highest BCUT2D eigenvalue weighted by Crippen LogP contribution is 2.75. The number of methoxy groups -OCH3 is 3. The maximum atomic E-state index is 11.8. The van der Waals surface area contributed by atoms with Gasteiger partial charge in [0, 0.05) is 87.6 Å². The van der Waals surface area contributed by atoms with Gasteiger partial charge in [-0.3, -0.25) is 14.4 Å². The van der Waals surface area contributed by atoms with Crippen molar-refractivity contribution >= 4 is 55.1 Å². The van der Waals surface area contributed by atoms with Gasteiger partial charge in [0.15, 0.2) is 0 Å². The molecule has 0 aromatic rings. The van der Waals surface area contributed by atoms with Crippen molar-refractivity contribution < 1.29 is 33.7 Å². The van der Waals surface area contributed by atoms with Crippen LogP contribution in [0, 0.1) is 175 Å². The zero-order valence-electron chi connectivity index (χ0n) is 65.6. The molecule has 99 heavy (non-hydrogen) atoms. The fraction of sp³-hybridized carbons (Fsp3) is 0.964. The first kappa shape index (κ1) is 85.0. The van der Waals surface area contributed by atoms with Gasteiger partial charge in [-0.2, -0.15) is 10.2 Å². The summed E-state index contributed by atoms with van der Waals surface area (Å²) in [4.78, 5) is 38.4. The molecule has 0 radical (unpaired) electrons. The van der Waals surface area contributed by atoms with E-state index in [1.54, 1.807) is 14.1 Å². The first-order valence-electron chi connectivity index (χ1n) is 40.3. The van der Waals surface area contributed by atoms with Crippen molar-refractivity contribution in [1.29, 1.82) is 0 Å². The molecule has 13 nitrogen and oxygen atoms in total. The number of azo groups is 1. The standard InChI is InChI=1S/C27H45N3O2.C27H47NO2.C27H46O3.C2H6N2.CH4.I2/c1-16(7-10-24(31)32-6)21-8-9-22-25-17(2)13-19-15-20(29-30-28)11-12-26(19,4)23(25)14-18(3)27(21,22)5;2*1-16(7-10-24(29)30-6)21-8-9-22-25-17(2)13-19-15-20(28)11-12-26(19,4)23(25)14-18(3)27(21,22)5;1-3-4-2;;1-2/h16-23,25H,7-15H2,1-6H3;16-23,25H,7-15,28H2,1-6H3;16-23,25,28H,7-15H2,1-6H3;1-2H3;1H4;/t3*16?,17?,18-,19?,20?,21+,22?,23?,25?,26-,27+;;;/m000.../s1. The number of esters is 3. The molecule has 0 amide bonds. The van der Waals surface area contributed by atoms with Crippen molar-refractivity contribution in [1.82, 2.24) is 0 Å². The first-order valence-corrected chi connectivity index (χ1v) is 46.6. The number of nitrogens with two attached hydrogens (primary N) is 1. The highest BCUT2D eigenvalue weighted by Gasteiger charge is 2.68.